The summed E-state index contributed by atoms with van der Waals surface area (Å²) in [5, 5.41) is 3.20. The van der Waals surface area contributed by atoms with E-state index < -0.39 is 0 Å². The first-order chi connectivity index (χ1) is 9.15. The van der Waals surface area contributed by atoms with Crippen LogP contribution in [0.25, 0.3) is 0 Å². The minimum Gasteiger partial charge on any atom is -0.475 e. The molecule has 0 atom stereocenters. The molecule has 0 aromatic carbocycles. The maximum atomic E-state index is 5.71. The summed E-state index contributed by atoms with van der Waals surface area (Å²) in [6, 6.07) is 7.41. The van der Waals surface area contributed by atoms with Crippen LogP contribution in [0.5, 0.6) is 5.88 Å². The van der Waals surface area contributed by atoms with Gasteiger partial charge in [0.05, 0.1) is 6.10 Å². The molecule has 0 bridgehead atoms. The molecule has 0 aliphatic rings. The van der Waals surface area contributed by atoms with Crippen LogP contribution in [0.15, 0.2) is 36.7 Å². The van der Waals surface area contributed by atoms with Gasteiger partial charge in [-0.15, -0.1) is 0 Å². The minimum absolute atomic E-state index is 0.0964. The predicted octanol–water partition coefficient (Wildman–Crippen LogP) is 2.46. The second kappa shape index (κ2) is 6.04. The number of hydrogen-bond donors (Lipinski definition) is 2. The molecule has 0 radical (unpaired) electrons. The van der Waals surface area contributed by atoms with Crippen LogP contribution < -0.4 is 15.8 Å². The number of aromatic nitrogens is 2. The van der Waals surface area contributed by atoms with Crippen LogP contribution in [0.3, 0.4) is 0 Å². The molecule has 3 N–H and O–H groups in total. The van der Waals surface area contributed by atoms with E-state index >= 15 is 0 Å². The van der Waals surface area contributed by atoms with E-state index in [2.05, 4.69) is 15.3 Å². The highest BCUT2D eigenvalue weighted by Gasteiger charge is 2.06. The van der Waals surface area contributed by atoms with Crippen LogP contribution in [-0.4, -0.2) is 16.1 Å². The SMILES string of the molecule is CC(C)Oc1ncccc1CNc1cc(N)ccn1. The van der Waals surface area contributed by atoms with Crippen molar-refractivity contribution in [1.82, 2.24) is 9.97 Å². The first-order valence-corrected chi connectivity index (χ1v) is 6.21. The number of anilines is 2. The molecule has 0 amide bonds. The zero-order valence-electron chi connectivity index (χ0n) is 11.1. The largest absolute Gasteiger partial charge is 0.475 e. The summed E-state index contributed by atoms with van der Waals surface area (Å²) in [5.41, 5.74) is 7.38. The molecule has 0 spiro atoms. The Bertz CT molecular complexity index is 542. The Kier molecular flexibility index (Phi) is 4.18. The van der Waals surface area contributed by atoms with Gasteiger partial charge in [-0.25, -0.2) is 9.97 Å². The molecule has 0 fully saturated rings. The third-order valence-electron chi connectivity index (χ3n) is 2.44. The van der Waals surface area contributed by atoms with E-state index in [0.717, 1.165) is 11.4 Å². The van der Waals surface area contributed by atoms with Crippen LogP contribution in [-0.2, 0) is 6.54 Å². The van der Waals surface area contributed by atoms with Gasteiger partial charge in [0.2, 0.25) is 5.88 Å². The van der Waals surface area contributed by atoms with E-state index in [1.807, 2.05) is 26.0 Å². The third-order valence-corrected chi connectivity index (χ3v) is 2.44. The van der Waals surface area contributed by atoms with Crippen LogP contribution in [0, 0.1) is 0 Å². The van der Waals surface area contributed by atoms with Crippen LogP contribution in [0.4, 0.5) is 11.5 Å². The van der Waals surface area contributed by atoms with Gasteiger partial charge in [-0.05, 0) is 26.0 Å². The normalized spacial score (nSPS) is 10.5. The lowest BCUT2D eigenvalue weighted by atomic mass is 10.2. The Morgan fingerprint density at radius 2 is 2.11 bits per heavy atom. The van der Waals surface area contributed by atoms with Gasteiger partial charge in [0, 0.05) is 36.3 Å². The summed E-state index contributed by atoms with van der Waals surface area (Å²) in [7, 11) is 0. The summed E-state index contributed by atoms with van der Waals surface area (Å²) < 4.78 is 5.66. The van der Waals surface area contributed by atoms with Crippen LogP contribution in [0.1, 0.15) is 19.4 Å². The molecule has 0 aliphatic heterocycles. The number of nitrogen functional groups attached to an aromatic ring is 1. The number of nitrogens with zero attached hydrogens (tertiary/aromatic N) is 2. The van der Waals surface area contributed by atoms with Crippen LogP contribution in [0.2, 0.25) is 0 Å². The Labute approximate surface area is 112 Å². The van der Waals surface area contributed by atoms with Gasteiger partial charge in [-0.2, -0.15) is 0 Å². The lowest BCUT2D eigenvalue weighted by molar-refractivity contribution is 0.230. The van der Waals surface area contributed by atoms with Gasteiger partial charge in [0.25, 0.3) is 0 Å². The molecular weight excluding hydrogens is 240 g/mol. The Balaban J connectivity index is 2.07. The predicted molar refractivity (Wildman–Crippen MR) is 76.0 cm³/mol. The van der Waals surface area contributed by atoms with Gasteiger partial charge in [0.1, 0.15) is 5.82 Å². The maximum absolute atomic E-state index is 5.71. The van der Waals surface area contributed by atoms with E-state index in [0.29, 0.717) is 18.1 Å². The lowest BCUT2D eigenvalue weighted by Crippen LogP contribution is -2.11. The van der Waals surface area contributed by atoms with Gasteiger partial charge in [0.15, 0.2) is 0 Å². The second-order valence-electron chi connectivity index (χ2n) is 4.46. The topological polar surface area (TPSA) is 73.1 Å². The highest BCUT2D eigenvalue weighted by atomic mass is 16.5. The van der Waals surface area contributed by atoms with Gasteiger partial charge in [-0.3, -0.25) is 0 Å². The molecule has 0 saturated carbocycles. The van der Waals surface area contributed by atoms with Crippen molar-refractivity contribution in [3.63, 3.8) is 0 Å². The number of nitrogens with one attached hydrogen (secondary N) is 1. The van der Waals surface area contributed by atoms with E-state index in [1.165, 1.54) is 0 Å². The number of rotatable bonds is 5. The molecule has 0 unspecified atom stereocenters. The molecule has 100 valence electrons. The summed E-state index contributed by atoms with van der Waals surface area (Å²) in [6.45, 7) is 4.54. The summed E-state index contributed by atoms with van der Waals surface area (Å²) in [4.78, 5) is 8.43. The summed E-state index contributed by atoms with van der Waals surface area (Å²) in [5.74, 6) is 1.38. The van der Waals surface area contributed by atoms with Crippen molar-refractivity contribution in [2.45, 2.75) is 26.5 Å². The Morgan fingerprint density at radius 3 is 2.84 bits per heavy atom. The quantitative estimate of drug-likeness (QED) is 0.861. The fourth-order valence-corrected chi connectivity index (χ4v) is 1.62. The van der Waals surface area contributed by atoms with Gasteiger partial charge < -0.3 is 15.8 Å². The fourth-order valence-electron chi connectivity index (χ4n) is 1.62. The number of ether oxygens (including phenoxy) is 1. The van der Waals surface area contributed by atoms with Crippen molar-refractivity contribution in [1.29, 1.82) is 0 Å². The van der Waals surface area contributed by atoms with Crippen molar-refractivity contribution in [2.75, 3.05) is 11.1 Å². The van der Waals surface area contributed by atoms with Crippen molar-refractivity contribution in [2.24, 2.45) is 0 Å². The maximum Gasteiger partial charge on any atom is 0.218 e. The zero-order chi connectivity index (χ0) is 13.7. The standard InChI is InChI=1S/C14H18N4O/c1-10(2)19-14-11(4-3-6-17-14)9-18-13-8-12(15)5-7-16-13/h3-8,10H,9H2,1-2H3,(H3,15,16,18). The molecular formula is C14H18N4O. The summed E-state index contributed by atoms with van der Waals surface area (Å²) >= 11 is 0. The van der Waals surface area contributed by atoms with E-state index in [1.54, 1.807) is 24.5 Å². The van der Waals surface area contributed by atoms with E-state index in [4.69, 9.17) is 10.5 Å². The average Bonchev–Trinajstić information content (AvgIpc) is 2.37. The Morgan fingerprint density at radius 1 is 1.26 bits per heavy atom. The zero-order valence-corrected chi connectivity index (χ0v) is 11.1. The number of pyridine rings is 2. The molecule has 2 aromatic heterocycles. The summed E-state index contributed by atoms with van der Waals surface area (Å²) in [6.07, 6.45) is 3.49. The van der Waals surface area contributed by atoms with Crippen molar-refractivity contribution in [3.8, 4) is 5.88 Å². The van der Waals surface area contributed by atoms with Gasteiger partial charge >= 0.3 is 0 Å². The molecule has 2 rings (SSSR count). The monoisotopic (exact) mass is 258 g/mol. The van der Waals surface area contributed by atoms with Crippen molar-refractivity contribution < 1.29 is 4.74 Å². The Hall–Kier alpha value is -2.30. The molecule has 2 heterocycles. The molecule has 5 heteroatoms. The first-order valence-electron chi connectivity index (χ1n) is 6.21. The van der Waals surface area contributed by atoms with E-state index in [-0.39, 0.29) is 6.10 Å². The van der Waals surface area contributed by atoms with Crippen LogP contribution >= 0.6 is 0 Å². The minimum atomic E-state index is 0.0964. The number of nitrogens with two attached hydrogens (primary N) is 1. The average molecular weight is 258 g/mol. The molecule has 0 aliphatic carbocycles. The molecule has 19 heavy (non-hydrogen) atoms. The first kappa shape index (κ1) is 13.1. The molecule has 0 saturated heterocycles. The third kappa shape index (κ3) is 3.84. The smallest absolute Gasteiger partial charge is 0.218 e. The van der Waals surface area contributed by atoms with Crippen molar-refractivity contribution in [3.05, 3.63) is 42.2 Å². The lowest BCUT2D eigenvalue weighted by Gasteiger charge is -2.13. The highest BCUT2D eigenvalue weighted by molar-refractivity contribution is 5.48. The fraction of sp³-hybridized carbons (Fsp3) is 0.286. The van der Waals surface area contributed by atoms with Gasteiger partial charge in [-0.1, -0.05) is 6.07 Å². The number of hydrogen-bond acceptors (Lipinski definition) is 5. The van der Waals surface area contributed by atoms with Crippen molar-refractivity contribution >= 4 is 11.5 Å². The molecule has 2 aromatic rings. The highest BCUT2D eigenvalue weighted by Crippen LogP contribution is 2.17. The van der Waals surface area contributed by atoms with E-state index in [9.17, 15) is 0 Å². The second-order valence-corrected chi connectivity index (χ2v) is 4.46. The molecule has 5 nitrogen and oxygen atoms in total.